The minimum Gasteiger partial charge on any atom is -0.304 e. The van der Waals surface area contributed by atoms with Gasteiger partial charge in [-0.15, -0.1) is 11.3 Å². The molecular weight excluding hydrogens is 596 g/mol. The highest BCUT2D eigenvalue weighted by molar-refractivity contribution is 7.26. The van der Waals surface area contributed by atoms with Crippen LogP contribution in [0.2, 0.25) is 0 Å². The molecule has 0 unspecified atom stereocenters. The summed E-state index contributed by atoms with van der Waals surface area (Å²) in [5.74, 6) is 0. The molecule has 3 aliphatic heterocycles. The van der Waals surface area contributed by atoms with Crippen LogP contribution in [0.25, 0.3) is 53.5 Å². The van der Waals surface area contributed by atoms with Crippen molar-refractivity contribution in [3.05, 3.63) is 152 Å². The number of benzene rings is 8. The van der Waals surface area contributed by atoms with Gasteiger partial charge in [-0.25, -0.2) is 0 Å². The van der Waals surface area contributed by atoms with E-state index in [0.717, 1.165) is 0 Å². The summed E-state index contributed by atoms with van der Waals surface area (Å²) in [5, 5.41) is 10.8. The molecular formula is C44H25B2NS. The lowest BCUT2D eigenvalue weighted by atomic mass is 9.31. The Morgan fingerprint density at radius 2 is 1.06 bits per heavy atom. The standard InChI is InChI=1S/C44H25B2NS/c1-2-12-26(13-3-1)45-35-20-11-21-36-43(35)47(44-42(45)32-18-8-9-23-38(32)48-44)37-22-10-19-33-40-34(46(36)41(33)37)25-24-31-29-16-5-4-14-27(29)28-15-6-7-17-30(28)39(31)40/h1-25H. The van der Waals surface area contributed by atoms with Gasteiger partial charge in [-0.2, -0.15) is 0 Å². The van der Waals surface area contributed by atoms with Crippen LogP contribution in [0, 0.1) is 0 Å². The summed E-state index contributed by atoms with van der Waals surface area (Å²) in [6.07, 6.45) is 0. The van der Waals surface area contributed by atoms with Crippen LogP contribution in [-0.4, -0.2) is 13.4 Å². The first kappa shape index (κ1) is 25.5. The Kier molecular flexibility index (Phi) is 4.82. The second-order valence-corrected chi connectivity index (χ2v) is 14.5. The Labute approximate surface area is 282 Å². The summed E-state index contributed by atoms with van der Waals surface area (Å²) >= 11 is 1.94. The van der Waals surface area contributed by atoms with Crippen molar-refractivity contribution >= 4 is 116 Å². The molecule has 0 N–H and O–H groups in total. The molecule has 9 aromatic rings. The lowest BCUT2D eigenvalue weighted by molar-refractivity contribution is 1.34. The number of thiophene rings is 1. The van der Waals surface area contributed by atoms with E-state index in [1.54, 1.807) is 0 Å². The summed E-state index contributed by atoms with van der Waals surface area (Å²) in [4.78, 5) is 2.64. The van der Waals surface area contributed by atoms with Crippen molar-refractivity contribution in [1.82, 2.24) is 0 Å². The van der Waals surface area contributed by atoms with Gasteiger partial charge in [0.15, 0.2) is 0 Å². The van der Waals surface area contributed by atoms with Crippen LogP contribution < -0.4 is 37.7 Å². The van der Waals surface area contributed by atoms with E-state index in [1.165, 1.54) is 103 Å². The van der Waals surface area contributed by atoms with Crippen molar-refractivity contribution < 1.29 is 0 Å². The molecule has 4 heterocycles. The van der Waals surface area contributed by atoms with E-state index in [9.17, 15) is 0 Å². The van der Waals surface area contributed by atoms with Crippen molar-refractivity contribution in [3.8, 4) is 11.1 Å². The molecule has 0 amide bonds. The Balaban J connectivity index is 1.24. The van der Waals surface area contributed by atoms with Crippen LogP contribution in [-0.2, 0) is 0 Å². The molecule has 0 spiro atoms. The third-order valence-electron chi connectivity index (χ3n) is 11.3. The summed E-state index contributed by atoms with van der Waals surface area (Å²) in [7, 11) is 0. The van der Waals surface area contributed by atoms with Gasteiger partial charge in [-0.3, -0.25) is 0 Å². The fourth-order valence-electron chi connectivity index (χ4n) is 9.57. The second kappa shape index (κ2) is 9.07. The van der Waals surface area contributed by atoms with E-state index in [1.807, 2.05) is 11.3 Å². The van der Waals surface area contributed by atoms with Gasteiger partial charge in [0, 0.05) is 16.1 Å². The number of rotatable bonds is 1. The first-order valence-corrected chi connectivity index (χ1v) is 17.7. The maximum Gasteiger partial charge on any atom is 0.248 e. The molecule has 3 aliphatic rings. The summed E-state index contributed by atoms with van der Waals surface area (Å²) in [5.41, 5.74) is 14.0. The number of nitrogens with zero attached hydrogens (tertiary/aromatic N) is 1. The van der Waals surface area contributed by atoms with Gasteiger partial charge < -0.3 is 4.90 Å². The number of para-hydroxylation sites is 1. The lowest BCUT2D eigenvalue weighted by Gasteiger charge is -2.41. The van der Waals surface area contributed by atoms with Gasteiger partial charge in [0.1, 0.15) is 0 Å². The first-order chi connectivity index (χ1) is 23.9. The van der Waals surface area contributed by atoms with Crippen molar-refractivity contribution in [1.29, 1.82) is 0 Å². The van der Waals surface area contributed by atoms with E-state index >= 15 is 0 Å². The van der Waals surface area contributed by atoms with Crippen LogP contribution in [0.5, 0.6) is 0 Å². The smallest absolute Gasteiger partial charge is 0.248 e. The maximum absolute atomic E-state index is 2.64. The van der Waals surface area contributed by atoms with E-state index in [0.29, 0.717) is 0 Å². The average molecular weight is 621 g/mol. The number of anilines is 3. The Morgan fingerprint density at radius 3 is 1.85 bits per heavy atom. The van der Waals surface area contributed by atoms with Crippen molar-refractivity contribution in [3.63, 3.8) is 0 Å². The topological polar surface area (TPSA) is 3.24 Å². The van der Waals surface area contributed by atoms with Gasteiger partial charge in [0.25, 0.3) is 0 Å². The molecule has 0 radical (unpaired) electrons. The molecule has 8 aromatic carbocycles. The van der Waals surface area contributed by atoms with Crippen LogP contribution in [0.1, 0.15) is 0 Å². The van der Waals surface area contributed by atoms with Crippen LogP contribution in [0.3, 0.4) is 0 Å². The third-order valence-corrected chi connectivity index (χ3v) is 12.5. The molecule has 0 fully saturated rings. The lowest BCUT2D eigenvalue weighted by Crippen LogP contribution is -2.63. The molecule has 1 aromatic heterocycles. The van der Waals surface area contributed by atoms with Gasteiger partial charge >= 0.3 is 0 Å². The highest BCUT2D eigenvalue weighted by Gasteiger charge is 2.48. The third kappa shape index (κ3) is 3.01. The molecule has 1 nitrogen and oxygen atoms in total. The van der Waals surface area contributed by atoms with E-state index in [4.69, 9.17) is 0 Å². The molecule has 0 saturated heterocycles. The SMILES string of the molecule is c1ccc(B2c3cccc4c3N(c3cccc5c3B4c3ccc4c6ccccc6c6ccccc6c4c3-5)c3sc4ccccc4c32)cc1. The molecule has 0 atom stereocenters. The molecule has 4 heteroatoms. The van der Waals surface area contributed by atoms with E-state index in [-0.39, 0.29) is 13.4 Å². The van der Waals surface area contributed by atoms with Crippen molar-refractivity contribution in [2.75, 3.05) is 4.90 Å². The fourth-order valence-corrected chi connectivity index (χ4v) is 10.8. The van der Waals surface area contributed by atoms with E-state index < -0.39 is 0 Å². The second-order valence-electron chi connectivity index (χ2n) is 13.5. The average Bonchev–Trinajstić information content (AvgIpc) is 3.70. The zero-order chi connectivity index (χ0) is 31.1. The van der Waals surface area contributed by atoms with Crippen LogP contribution in [0.4, 0.5) is 16.4 Å². The van der Waals surface area contributed by atoms with Crippen molar-refractivity contribution in [2.45, 2.75) is 0 Å². The van der Waals surface area contributed by atoms with Crippen LogP contribution in [0.15, 0.2) is 152 Å². The first-order valence-electron chi connectivity index (χ1n) is 16.9. The minimum absolute atomic E-state index is 0.168. The highest BCUT2D eigenvalue weighted by Crippen LogP contribution is 2.47. The highest BCUT2D eigenvalue weighted by atomic mass is 32.1. The van der Waals surface area contributed by atoms with Gasteiger partial charge in [-0.1, -0.05) is 150 Å². The molecule has 218 valence electrons. The molecule has 12 rings (SSSR count). The summed E-state index contributed by atoms with van der Waals surface area (Å²) in [6, 6.07) is 57.2. The largest absolute Gasteiger partial charge is 0.304 e. The Morgan fingerprint density at radius 1 is 0.438 bits per heavy atom. The predicted octanol–water partition coefficient (Wildman–Crippen LogP) is 7.47. The quantitative estimate of drug-likeness (QED) is 0.136. The fraction of sp³-hybridized carbons (Fsp3) is 0. The molecule has 48 heavy (non-hydrogen) atoms. The predicted molar refractivity (Wildman–Crippen MR) is 210 cm³/mol. The van der Waals surface area contributed by atoms with Gasteiger partial charge in [-0.05, 0) is 82.8 Å². The monoisotopic (exact) mass is 621 g/mol. The van der Waals surface area contributed by atoms with Gasteiger partial charge in [0.2, 0.25) is 13.4 Å². The number of hydrogen-bond acceptors (Lipinski definition) is 2. The number of hydrogen-bond donors (Lipinski definition) is 0. The van der Waals surface area contributed by atoms with E-state index in [2.05, 4.69) is 157 Å². The van der Waals surface area contributed by atoms with Gasteiger partial charge in [0.05, 0.1) is 5.00 Å². The Bertz CT molecular complexity index is 2840. The van der Waals surface area contributed by atoms with Crippen molar-refractivity contribution in [2.24, 2.45) is 0 Å². The normalized spacial score (nSPS) is 13.7. The zero-order valence-electron chi connectivity index (χ0n) is 25.9. The summed E-state index contributed by atoms with van der Waals surface area (Å²) < 4.78 is 1.35. The zero-order valence-corrected chi connectivity index (χ0v) is 26.8. The Hall–Kier alpha value is -5.57. The molecule has 0 aliphatic carbocycles. The molecule has 0 saturated carbocycles. The molecule has 0 bridgehead atoms. The minimum atomic E-state index is 0.168. The van der Waals surface area contributed by atoms with Crippen LogP contribution >= 0.6 is 11.3 Å². The maximum atomic E-state index is 2.64. The number of fused-ring (bicyclic) bond motifs is 16. The summed E-state index contributed by atoms with van der Waals surface area (Å²) in [6.45, 7) is 0.348.